The molecule has 4 nitrogen and oxygen atoms in total. The van der Waals surface area contributed by atoms with Crippen LogP contribution in [0.15, 0.2) is 41.0 Å². The van der Waals surface area contributed by atoms with Crippen LogP contribution in [0.2, 0.25) is 0 Å². The first-order chi connectivity index (χ1) is 10.8. The van der Waals surface area contributed by atoms with Gasteiger partial charge in [0.05, 0.1) is 11.7 Å². The van der Waals surface area contributed by atoms with Crippen LogP contribution in [0.1, 0.15) is 37.4 Å². The van der Waals surface area contributed by atoms with Crippen LogP contribution >= 0.6 is 15.9 Å². The molecule has 22 heavy (non-hydrogen) atoms. The fourth-order valence-corrected chi connectivity index (χ4v) is 3.47. The Hall–Kier alpha value is -1.33. The zero-order valence-electron chi connectivity index (χ0n) is 12.8. The second-order valence-electron chi connectivity index (χ2n) is 5.82. The van der Waals surface area contributed by atoms with Gasteiger partial charge >= 0.3 is 0 Å². The van der Waals surface area contributed by atoms with Crippen molar-refractivity contribution in [3.05, 3.63) is 46.7 Å². The molecular weight excluding hydrogens is 340 g/mol. The Labute approximate surface area is 140 Å². The van der Waals surface area contributed by atoms with Crippen molar-refractivity contribution in [2.75, 3.05) is 18.4 Å². The standard InChI is InChI=1S/C17H23BrN4/c18-14-4-3-5-15(12-14)20-11-10-19-13-17-8-9-21-22(17)16-6-1-2-7-16/h3-5,8-9,12,16,19-20H,1-2,6-7,10-11,13H2. The Balaban J connectivity index is 1.41. The minimum Gasteiger partial charge on any atom is -0.384 e. The minimum absolute atomic E-state index is 0.617. The smallest absolute Gasteiger partial charge is 0.0525 e. The molecule has 0 aliphatic heterocycles. The molecule has 2 aromatic rings. The topological polar surface area (TPSA) is 41.9 Å². The van der Waals surface area contributed by atoms with Crippen LogP contribution in [-0.2, 0) is 6.54 Å². The number of aromatic nitrogens is 2. The quantitative estimate of drug-likeness (QED) is 0.732. The first-order valence-corrected chi connectivity index (χ1v) is 8.85. The molecule has 1 aliphatic rings. The number of halogens is 1. The van der Waals surface area contributed by atoms with Gasteiger partial charge in [-0.15, -0.1) is 0 Å². The molecule has 0 bridgehead atoms. The summed E-state index contributed by atoms with van der Waals surface area (Å²) in [5.74, 6) is 0. The van der Waals surface area contributed by atoms with E-state index < -0.39 is 0 Å². The summed E-state index contributed by atoms with van der Waals surface area (Å²) < 4.78 is 3.33. The molecule has 1 fully saturated rings. The number of nitrogens with zero attached hydrogens (tertiary/aromatic N) is 2. The Kier molecular flexibility index (Phi) is 5.51. The summed E-state index contributed by atoms with van der Waals surface area (Å²) in [6, 6.07) is 11.0. The average molecular weight is 363 g/mol. The molecule has 0 atom stereocenters. The van der Waals surface area contributed by atoms with Crippen molar-refractivity contribution < 1.29 is 0 Å². The van der Waals surface area contributed by atoms with Crippen molar-refractivity contribution in [1.82, 2.24) is 15.1 Å². The first-order valence-electron chi connectivity index (χ1n) is 8.05. The lowest BCUT2D eigenvalue weighted by molar-refractivity contribution is 0.443. The van der Waals surface area contributed by atoms with Crippen LogP contribution in [0.25, 0.3) is 0 Å². The van der Waals surface area contributed by atoms with Gasteiger partial charge in [-0.25, -0.2) is 0 Å². The van der Waals surface area contributed by atoms with Gasteiger partial charge in [-0.05, 0) is 37.1 Å². The van der Waals surface area contributed by atoms with Crippen LogP contribution < -0.4 is 10.6 Å². The second kappa shape index (κ2) is 7.79. The number of nitrogens with one attached hydrogen (secondary N) is 2. The maximum absolute atomic E-state index is 4.51. The molecule has 1 heterocycles. The molecule has 0 spiro atoms. The number of anilines is 1. The summed E-state index contributed by atoms with van der Waals surface area (Å²) in [5, 5.41) is 11.4. The SMILES string of the molecule is Brc1cccc(NCCNCc2ccnn2C2CCCC2)c1. The summed E-state index contributed by atoms with van der Waals surface area (Å²) in [6.45, 7) is 2.73. The van der Waals surface area contributed by atoms with Gasteiger partial charge in [-0.2, -0.15) is 5.10 Å². The molecular formula is C17H23BrN4. The zero-order valence-corrected chi connectivity index (χ0v) is 14.3. The van der Waals surface area contributed by atoms with Gasteiger partial charge in [0.15, 0.2) is 0 Å². The fourth-order valence-electron chi connectivity index (χ4n) is 3.07. The molecule has 3 rings (SSSR count). The highest BCUT2D eigenvalue weighted by atomic mass is 79.9. The molecule has 0 radical (unpaired) electrons. The molecule has 1 saturated carbocycles. The summed E-state index contributed by atoms with van der Waals surface area (Å²) >= 11 is 3.49. The van der Waals surface area contributed by atoms with E-state index in [1.807, 2.05) is 18.3 Å². The van der Waals surface area contributed by atoms with Gasteiger partial charge in [0.25, 0.3) is 0 Å². The van der Waals surface area contributed by atoms with E-state index in [9.17, 15) is 0 Å². The van der Waals surface area contributed by atoms with Crippen molar-refractivity contribution in [1.29, 1.82) is 0 Å². The van der Waals surface area contributed by atoms with E-state index in [0.717, 1.165) is 29.8 Å². The van der Waals surface area contributed by atoms with E-state index in [2.05, 4.69) is 54.5 Å². The molecule has 0 amide bonds. The largest absolute Gasteiger partial charge is 0.384 e. The third kappa shape index (κ3) is 4.11. The van der Waals surface area contributed by atoms with Crippen molar-refractivity contribution in [3.8, 4) is 0 Å². The van der Waals surface area contributed by atoms with E-state index >= 15 is 0 Å². The van der Waals surface area contributed by atoms with E-state index in [1.54, 1.807) is 0 Å². The summed E-state index contributed by atoms with van der Waals surface area (Å²) in [6.07, 6.45) is 7.16. The van der Waals surface area contributed by atoms with Crippen molar-refractivity contribution in [2.45, 2.75) is 38.3 Å². The van der Waals surface area contributed by atoms with Crippen molar-refractivity contribution >= 4 is 21.6 Å². The summed E-state index contributed by atoms with van der Waals surface area (Å²) in [7, 11) is 0. The Morgan fingerprint density at radius 2 is 2.05 bits per heavy atom. The van der Waals surface area contributed by atoms with Gasteiger partial charge in [0.2, 0.25) is 0 Å². The van der Waals surface area contributed by atoms with Crippen LogP contribution in [0, 0.1) is 0 Å². The summed E-state index contributed by atoms with van der Waals surface area (Å²) in [4.78, 5) is 0. The number of benzene rings is 1. The third-order valence-corrected chi connectivity index (χ3v) is 4.68. The number of hydrogen-bond acceptors (Lipinski definition) is 3. The predicted molar refractivity (Wildman–Crippen MR) is 94.1 cm³/mol. The lowest BCUT2D eigenvalue weighted by Crippen LogP contribution is -2.24. The minimum atomic E-state index is 0.617. The second-order valence-corrected chi connectivity index (χ2v) is 6.73. The molecule has 1 aliphatic carbocycles. The van der Waals surface area contributed by atoms with Gasteiger partial charge in [-0.1, -0.05) is 34.8 Å². The lowest BCUT2D eigenvalue weighted by atomic mass is 10.2. The van der Waals surface area contributed by atoms with E-state index in [1.165, 1.54) is 31.4 Å². The van der Waals surface area contributed by atoms with Gasteiger partial charge < -0.3 is 10.6 Å². The van der Waals surface area contributed by atoms with Gasteiger partial charge in [0, 0.05) is 36.0 Å². The maximum Gasteiger partial charge on any atom is 0.0525 e. The Bertz CT molecular complexity index is 590. The average Bonchev–Trinajstić information content (AvgIpc) is 3.18. The molecule has 5 heteroatoms. The highest BCUT2D eigenvalue weighted by Gasteiger charge is 2.19. The van der Waals surface area contributed by atoms with Crippen molar-refractivity contribution in [3.63, 3.8) is 0 Å². The molecule has 1 aromatic heterocycles. The normalized spacial score (nSPS) is 15.3. The molecule has 1 aromatic carbocycles. The van der Waals surface area contributed by atoms with Gasteiger partial charge in [-0.3, -0.25) is 4.68 Å². The van der Waals surface area contributed by atoms with Crippen LogP contribution in [-0.4, -0.2) is 22.9 Å². The third-order valence-electron chi connectivity index (χ3n) is 4.18. The summed E-state index contributed by atoms with van der Waals surface area (Å²) in [5.41, 5.74) is 2.45. The maximum atomic E-state index is 4.51. The van der Waals surface area contributed by atoms with Crippen LogP contribution in [0.3, 0.4) is 0 Å². The Morgan fingerprint density at radius 3 is 2.86 bits per heavy atom. The monoisotopic (exact) mass is 362 g/mol. The van der Waals surface area contributed by atoms with Crippen LogP contribution in [0.5, 0.6) is 0 Å². The fraction of sp³-hybridized carbons (Fsp3) is 0.471. The molecule has 2 N–H and O–H groups in total. The van der Waals surface area contributed by atoms with E-state index in [0.29, 0.717) is 6.04 Å². The highest BCUT2D eigenvalue weighted by molar-refractivity contribution is 9.10. The van der Waals surface area contributed by atoms with Crippen LogP contribution in [0.4, 0.5) is 5.69 Å². The number of hydrogen-bond donors (Lipinski definition) is 2. The Morgan fingerprint density at radius 1 is 1.18 bits per heavy atom. The first kappa shape index (κ1) is 15.6. The predicted octanol–water partition coefficient (Wildman–Crippen LogP) is 3.96. The molecule has 0 unspecified atom stereocenters. The van der Waals surface area contributed by atoms with E-state index in [-0.39, 0.29) is 0 Å². The number of rotatable bonds is 7. The zero-order chi connectivity index (χ0) is 15.2. The van der Waals surface area contributed by atoms with Crippen molar-refractivity contribution in [2.24, 2.45) is 0 Å². The van der Waals surface area contributed by atoms with Gasteiger partial charge in [0.1, 0.15) is 0 Å². The lowest BCUT2D eigenvalue weighted by Gasteiger charge is -2.15. The highest BCUT2D eigenvalue weighted by Crippen LogP contribution is 2.29. The van der Waals surface area contributed by atoms with E-state index in [4.69, 9.17) is 0 Å². The molecule has 0 saturated heterocycles. The molecule has 118 valence electrons.